The Morgan fingerprint density at radius 2 is 1.72 bits per heavy atom. The van der Waals surface area contributed by atoms with Crippen LogP contribution in [0.2, 0.25) is 0 Å². The molecule has 0 atom stereocenters. The quantitative estimate of drug-likeness (QED) is 0.402. The summed E-state index contributed by atoms with van der Waals surface area (Å²) in [5.74, 6) is -0.756. The van der Waals surface area contributed by atoms with Crippen LogP contribution in [0.3, 0.4) is 0 Å². The summed E-state index contributed by atoms with van der Waals surface area (Å²) >= 11 is 0. The number of amides is 2. The van der Waals surface area contributed by atoms with Gasteiger partial charge in [-0.25, -0.2) is 4.98 Å². The highest BCUT2D eigenvalue weighted by Gasteiger charge is 2.15. The average molecular weight is 439 g/mol. The average Bonchev–Trinajstić information content (AvgIpc) is 3.29. The Morgan fingerprint density at radius 1 is 0.969 bits per heavy atom. The molecule has 166 valence electrons. The molecule has 0 spiro atoms. The standard InChI is InChI=1S/C22H21N3O7/c1-29-17-9-8-15(10-18(17)30-2)21(28)25-24-19(26)13-31-20(27)11-16-12-32-22(23-16)14-6-4-3-5-7-14/h3-10,12H,11,13H2,1-2H3,(H,24,26)(H,25,28). The number of rotatable bonds is 8. The van der Waals surface area contributed by atoms with Gasteiger partial charge in [0.05, 0.1) is 26.3 Å². The maximum atomic E-state index is 12.2. The van der Waals surface area contributed by atoms with Gasteiger partial charge in [-0.3, -0.25) is 25.2 Å². The lowest BCUT2D eigenvalue weighted by Crippen LogP contribution is -2.43. The predicted molar refractivity (Wildman–Crippen MR) is 112 cm³/mol. The number of ether oxygens (including phenoxy) is 3. The number of hydrogen-bond donors (Lipinski definition) is 2. The van der Waals surface area contributed by atoms with Crippen molar-refractivity contribution in [2.24, 2.45) is 0 Å². The zero-order valence-corrected chi connectivity index (χ0v) is 17.4. The van der Waals surface area contributed by atoms with E-state index in [2.05, 4.69) is 15.8 Å². The molecule has 0 aliphatic heterocycles. The van der Waals surface area contributed by atoms with Gasteiger partial charge in [-0.1, -0.05) is 18.2 Å². The first kappa shape index (κ1) is 22.3. The zero-order valence-electron chi connectivity index (χ0n) is 17.4. The molecule has 3 aromatic rings. The number of hydrazine groups is 1. The van der Waals surface area contributed by atoms with E-state index in [0.29, 0.717) is 23.1 Å². The second kappa shape index (κ2) is 10.6. The fourth-order valence-corrected chi connectivity index (χ4v) is 2.66. The highest BCUT2D eigenvalue weighted by molar-refractivity contribution is 5.96. The van der Waals surface area contributed by atoms with Crippen LogP contribution in [0.25, 0.3) is 11.5 Å². The number of hydrogen-bond acceptors (Lipinski definition) is 8. The first-order valence-corrected chi connectivity index (χ1v) is 9.47. The van der Waals surface area contributed by atoms with Crippen molar-refractivity contribution in [1.82, 2.24) is 15.8 Å². The van der Waals surface area contributed by atoms with E-state index in [1.807, 2.05) is 30.3 Å². The molecule has 32 heavy (non-hydrogen) atoms. The maximum absolute atomic E-state index is 12.2. The lowest BCUT2D eigenvalue weighted by Gasteiger charge is -2.10. The number of methoxy groups -OCH3 is 2. The van der Waals surface area contributed by atoms with Gasteiger partial charge in [0.1, 0.15) is 6.26 Å². The van der Waals surface area contributed by atoms with Gasteiger partial charge in [0.2, 0.25) is 5.89 Å². The molecule has 10 heteroatoms. The van der Waals surface area contributed by atoms with E-state index in [1.165, 1.54) is 32.6 Å². The zero-order chi connectivity index (χ0) is 22.9. The summed E-state index contributed by atoms with van der Waals surface area (Å²) in [5.41, 5.74) is 5.78. The molecule has 0 fully saturated rings. The molecule has 3 rings (SSSR count). The van der Waals surface area contributed by atoms with Crippen molar-refractivity contribution >= 4 is 17.8 Å². The van der Waals surface area contributed by atoms with Gasteiger partial charge in [-0.05, 0) is 30.3 Å². The molecule has 0 bridgehead atoms. The van der Waals surface area contributed by atoms with Gasteiger partial charge in [-0.15, -0.1) is 0 Å². The van der Waals surface area contributed by atoms with Crippen LogP contribution in [0, 0.1) is 0 Å². The summed E-state index contributed by atoms with van der Waals surface area (Å²) in [5, 5.41) is 0. The molecule has 0 unspecified atom stereocenters. The van der Waals surface area contributed by atoms with Crippen LogP contribution in [0.15, 0.2) is 59.2 Å². The van der Waals surface area contributed by atoms with Crippen LogP contribution in [0.1, 0.15) is 16.1 Å². The van der Waals surface area contributed by atoms with E-state index in [1.54, 1.807) is 6.07 Å². The Balaban J connectivity index is 1.43. The summed E-state index contributed by atoms with van der Waals surface area (Å²) in [6, 6.07) is 13.7. The largest absolute Gasteiger partial charge is 0.493 e. The van der Waals surface area contributed by atoms with E-state index in [0.717, 1.165) is 5.56 Å². The summed E-state index contributed by atoms with van der Waals surface area (Å²) in [6.45, 7) is -0.575. The molecule has 2 aromatic carbocycles. The summed E-state index contributed by atoms with van der Waals surface area (Å²) < 4.78 is 20.5. The molecule has 2 amide bonds. The molecule has 1 heterocycles. The summed E-state index contributed by atoms with van der Waals surface area (Å²) in [7, 11) is 2.92. The Hall–Kier alpha value is -4.34. The van der Waals surface area contributed by atoms with Crippen LogP contribution < -0.4 is 20.3 Å². The Kier molecular flexibility index (Phi) is 7.42. The van der Waals surface area contributed by atoms with E-state index in [9.17, 15) is 14.4 Å². The number of aromatic nitrogens is 1. The minimum Gasteiger partial charge on any atom is -0.493 e. The van der Waals surface area contributed by atoms with Crippen LogP contribution in [-0.2, 0) is 20.7 Å². The van der Waals surface area contributed by atoms with Crippen LogP contribution in [-0.4, -0.2) is 43.6 Å². The molecule has 0 radical (unpaired) electrons. The summed E-state index contributed by atoms with van der Waals surface area (Å²) in [6.07, 6.45) is 1.19. The number of nitrogens with zero attached hydrogens (tertiary/aromatic N) is 1. The van der Waals surface area contributed by atoms with Gasteiger partial charge in [0.25, 0.3) is 11.8 Å². The van der Waals surface area contributed by atoms with Crippen molar-refractivity contribution < 1.29 is 33.0 Å². The van der Waals surface area contributed by atoms with E-state index < -0.39 is 24.4 Å². The van der Waals surface area contributed by atoms with Crippen molar-refractivity contribution in [3.8, 4) is 23.0 Å². The predicted octanol–water partition coefficient (Wildman–Crippen LogP) is 1.91. The number of carbonyl (C=O) groups is 3. The number of benzene rings is 2. The van der Waals surface area contributed by atoms with Gasteiger partial charge < -0.3 is 18.6 Å². The molecule has 0 saturated heterocycles. The maximum Gasteiger partial charge on any atom is 0.312 e. The van der Waals surface area contributed by atoms with Crippen LogP contribution in [0.4, 0.5) is 0 Å². The minimum absolute atomic E-state index is 0.165. The third kappa shape index (κ3) is 5.85. The van der Waals surface area contributed by atoms with Gasteiger partial charge in [0.15, 0.2) is 18.1 Å². The smallest absolute Gasteiger partial charge is 0.312 e. The minimum atomic E-state index is -0.711. The number of nitrogens with one attached hydrogen (secondary N) is 2. The van der Waals surface area contributed by atoms with Crippen molar-refractivity contribution in [3.05, 3.63) is 66.1 Å². The Labute approximate surface area is 183 Å². The second-order valence-corrected chi connectivity index (χ2v) is 6.42. The van der Waals surface area contributed by atoms with Crippen molar-refractivity contribution in [3.63, 3.8) is 0 Å². The SMILES string of the molecule is COc1ccc(C(=O)NNC(=O)COC(=O)Cc2coc(-c3ccccc3)n2)cc1OC. The third-order valence-corrected chi connectivity index (χ3v) is 4.22. The van der Waals surface area contributed by atoms with Crippen LogP contribution in [0.5, 0.6) is 11.5 Å². The third-order valence-electron chi connectivity index (χ3n) is 4.22. The fourth-order valence-electron chi connectivity index (χ4n) is 2.66. The lowest BCUT2D eigenvalue weighted by molar-refractivity contribution is -0.148. The van der Waals surface area contributed by atoms with E-state index in [4.69, 9.17) is 18.6 Å². The summed E-state index contributed by atoms with van der Waals surface area (Å²) in [4.78, 5) is 40.2. The van der Waals surface area contributed by atoms with Gasteiger partial charge >= 0.3 is 5.97 Å². The van der Waals surface area contributed by atoms with Crippen molar-refractivity contribution in [2.75, 3.05) is 20.8 Å². The van der Waals surface area contributed by atoms with Crippen molar-refractivity contribution in [2.45, 2.75) is 6.42 Å². The molecule has 0 aliphatic carbocycles. The first-order valence-electron chi connectivity index (χ1n) is 9.47. The van der Waals surface area contributed by atoms with E-state index >= 15 is 0 Å². The number of oxazole rings is 1. The molecule has 1 aromatic heterocycles. The van der Waals surface area contributed by atoms with Crippen molar-refractivity contribution in [1.29, 1.82) is 0 Å². The lowest BCUT2D eigenvalue weighted by atomic mass is 10.2. The normalized spacial score (nSPS) is 10.2. The first-order chi connectivity index (χ1) is 15.5. The van der Waals surface area contributed by atoms with Gasteiger partial charge in [-0.2, -0.15) is 0 Å². The highest BCUT2D eigenvalue weighted by atomic mass is 16.5. The second-order valence-electron chi connectivity index (χ2n) is 6.42. The van der Waals surface area contributed by atoms with Gasteiger partial charge in [0, 0.05) is 11.1 Å². The molecule has 10 nitrogen and oxygen atoms in total. The molecule has 2 N–H and O–H groups in total. The Morgan fingerprint density at radius 3 is 2.44 bits per heavy atom. The fraction of sp³-hybridized carbons (Fsp3) is 0.182. The highest BCUT2D eigenvalue weighted by Crippen LogP contribution is 2.27. The Bertz CT molecular complexity index is 1100. The molecule has 0 saturated carbocycles. The molecular formula is C22H21N3O7. The van der Waals surface area contributed by atoms with Crippen LogP contribution >= 0.6 is 0 Å². The number of carbonyl (C=O) groups excluding carboxylic acids is 3. The monoisotopic (exact) mass is 439 g/mol. The topological polar surface area (TPSA) is 129 Å². The van der Waals surface area contributed by atoms with E-state index in [-0.39, 0.29) is 12.0 Å². The molecular weight excluding hydrogens is 418 g/mol. The molecule has 0 aliphatic rings. The number of esters is 1.